The average Bonchev–Trinajstić information content (AvgIpc) is 3.23. The lowest BCUT2D eigenvalue weighted by atomic mass is 10.2. The lowest BCUT2D eigenvalue weighted by molar-refractivity contribution is 0.296. The lowest BCUT2D eigenvalue weighted by Crippen LogP contribution is -2.34. The van der Waals surface area contributed by atoms with Crippen LogP contribution in [0.15, 0.2) is 41.3 Å². The third-order valence-corrected chi connectivity index (χ3v) is 4.51. The van der Waals surface area contributed by atoms with Crippen molar-refractivity contribution in [2.24, 2.45) is 0 Å². The zero-order valence-corrected chi connectivity index (χ0v) is 16.1. The number of aryl methyl sites for hydroxylation is 1. The van der Waals surface area contributed by atoms with Crippen LogP contribution < -0.4 is 5.32 Å². The van der Waals surface area contributed by atoms with Crippen LogP contribution in [-0.4, -0.2) is 36.7 Å². The van der Waals surface area contributed by atoms with Crippen molar-refractivity contribution >= 4 is 34.6 Å². The Labute approximate surface area is 161 Å². The van der Waals surface area contributed by atoms with Gasteiger partial charge in [0, 0.05) is 17.8 Å². The van der Waals surface area contributed by atoms with E-state index < -0.39 is 0 Å². The fraction of sp³-hybridized carbons (Fsp3) is 0.294. The van der Waals surface area contributed by atoms with Gasteiger partial charge < -0.3 is 10.2 Å². The van der Waals surface area contributed by atoms with Gasteiger partial charge in [-0.1, -0.05) is 34.0 Å². The van der Waals surface area contributed by atoms with Crippen LogP contribution in [0.3, 0.4) is 0 Å². The molecule has 0 atom stereocenters. The van der Waals surface area contributed by atoms with E-state index in [-0.39, 0.29) is 0 Å². The van der Waals surface area contributed by atoms with Crippen molar-refractivity contribution in [1.29, 1.82) is 0 Å². The molecule has 26 heavy (non-hydrogen) atoms. The topological polar surface area (TPSA) is 72.0 Å². The van der Waals surface area contributed by atoms with Crippen LogP contribution in [0.5, 0.6) is 0 Å². The zero-order valence-electron chi connectivity index (χ0n) is 14.5. The van der Waals surface area contributed by atoms with E-state index in [0.717, 1.165) is 34.2 Å². The molecular weight excluding hydrogens is 372 g/mol. The molecule has 136 valence electrons. The van der Waals surface area contributed by atoms with Gasteiger partial charge in [-0.2, -0.15) is 5.10 Å². The molecule has 2 heterocycles. The van der Waals surface area contributed by atoms with E-state index in [2.05, 4.69) is 20.7 Å². The van der Waals surface area contributed by atoms with E-state index in [1.807, 2.05) is 53.9 Å². The normalized spacial score (nSPS) is 10.7. The second kappa shape index (κ2) is 8.29. The molecule has 0 saturated heterocycles. The first kappa shape index (κ1) is 18.3. The quantitative estimate of drug-likeness (QED) is 0.646. The molecule has 9 heteroatoms. The molecule has 7 nitrogen and oxygen atoms in total. The van der Waals surface area contributed by atoms with Crippen molar-refractivity contribution < 1.29 is 4.63 Å². The van der Waals surface area contributed by atoms with Gasteiger partial charge in [-0.25, -0.2) is 4.63 Å². The number of halogens is 1. The van der Waals surface area contributed by atoms with Gasteiger partial charge in [0.25, 0.3) is 0 Å². The molecule has 0 amide bonds. The van der Waals surface area contributed by atoms with E-state index in [1.54, 1.807) is 6.20 Å². The summed E-state index contributed by atoms with van der Waals surface area (Å²) < 4.78 is 6.59. The monoisotopic (exact) mass is 390 g/mol. The first-order valence-corrected chi connectivity index (χ1v) is 8.94. The SMILES string of the molecule is CCN(Cc1nonc1C)C(=S)Nc1cnn(Cc2ccc(Cl)cc2)c1. The molecule has 0 fully saturated rings. The summed E-state index contributed by atoms with van der Waals surface area (Å²) >= 11 is 11.4. The summed E-state index contributed by atoms with van der Waals surface area (Å²) in [4.78, 5) is 1.98. The van der Waals surface area contributed by atoms with Gasteiger partial charge in [-0.05, 0) is 43.8 Å². The highest BCUT2D eigenvalue weighted by Gasteiger charge is 2.14. The molecule has 2 aromatic heterocycles. The molecule has 0 aliphatic carbocycles. The van der Waals surface area contributed by atoms with Crippen molar-refractivity contribution in [1.82, 2.24) is 25.0 Å². The Morgan fingerprint density at radius 3 is 2.73 bits per heavy atom. The molecule has 0 saturated carbocycles. The summed E-state index contributed by atoms with van der Waals surface area (Å²) in [7, 11) is 0. The first-order chi connectivity index (χ1) is 12.5. The summed E-state index contributed by atoms with van der Waals surface area (Å²) in [6.07, 6.45) is 3.66. The number of rotatable bonds is 6. The highest BCUT2D eigenvalue weighted by atomic mass is 35.5. The Bertz CT molecular complexity index is 876. The predicted molar refractivity (Wildman–Crippen MR) is 104 cm³/mol. The largest absolute Gasteiger partial charge is 0.343 e. The summed E-state index contributed by atoms with van der Waals surface area (Å²) in [6, 6.07) is 7.70. The summed E-state index contributed by atoms with van der Waals surface area (Å²) in [5, 5.41) is 16.6. The Hall–Kier alpha value is -2.45. The predicted octanol–water partition coefficient (Wildman–Crippen LogP) is 3.50. The van der Waals surface area contributed by atoms with Gasteiger partial charge in [-0.3, -0.25) is 4.68 Å². The van der Waals surface area contributed by atoms with E-state index >= 15 is 0 Å². The summed E-state index contributed by atoms with van der Waals surface area (Å²) in [5.74, 6) is 0. The number of hydrogen-bond acceptors (Lipinski definition) is 5. The molecule has 0 spiro atoms. The lowest BCUT2D eigenvalue weighted by Gasteiger charge is -2.22. The fourth-order valence-electron chi connectivity index (χ4n) is 2.39. The average molecular weight is 391 g/mol. The van der Waals surface area contributed by atoms with Gasteiger partial charge in [0.2, 0.25) is 0 Å². The smallest absolute Gasteiger partial charge is 0.173 e. The van der Waals surface area contributed by atoms with Crippen molar-refractivity contribution in [3.63, 3.8) is 0 Å². The number of thiocarbonyl (C=S) groups is 1. The van der Waals surface area contributed by atoms with Crippen LogP contribution in [0.1, 0.15) is 23.9 Å². The van der Waals surface area contributed by atoms with Crippen LogP contribution in [0.25, 0.3) is 0 Å². The third kappa shape index (κ3) is 4.59. The Kier molecular flexibility index (Phi) is 5.85. The van der Waals surface area contributed by atoms with Crippen molar-refractivity contribution in [3.8, 4) is 0 Å². The van der Waals surface area contributed by atoms with Gasteiger partial charge in [0.05, 0.1) is 25.0 Å². The molecule has 1 aromatic carbocycles. The zero-order chi connectivity index (χ0) is 18.5. The van der Waals surface area contributed by atoms with Crippen molar-refractivity contribution in [2.45, 2.75) is 26.9 Å². The van der Waals surface area contributed by atoms with Crippen LogP contribution in [0.2, 0.25) is 5.02 Å². The molecule has 0 radical (unpaired) electrons. The molecule has 0 unspecified atom stereocenters. The molecule has 0 bridgehead atoms. The van der Waals surface area contributed by atoms with Gasteiger partial charge in [0.15, 0.2) is 5.11 Å². The highest BCUT2D eigenvalue weighted by molar-refractivity contribution is 7.80. The number of nitrogens with one attached hydrogen (secondary N) is 1. The maximum absolute atomic E-state index is 5.91. The Morgan fingerprint density at radius 1 is 1.31 bits per heavy atom. The number of hydrogen-bond donors (Lipinski definition) is 1. The summed E-state index contributed by atoms with van der Waals surface area (Å²) in [5.41, 5.74) is 3.49. The molecule has 0 aliphatic heterocycles. The Morgan fingerprint density at radius 2 is 2.08 bits per heavy atom. The molecule has 3 rings (SSSR count). The number of benzene rings is 1. The van der Waals surface area contributed by atoms with E-state index in [0.29, 0.717) is 18.2 Å². The van der Waals surface area contributed by atoms with Gasteiger partial charge in [0.1, 0.15) is 11.4 Å². The maximum atomic E-state index is 5.91. The molecule has 3 aromatic rings. The second-order valence-electron chi connectivity index (χ2n) is 5.79. The minimum Gasteiger partial charge on any atom is -0.343 e. The standard InChI is InChI=1S/C17H19ClN6OS/c1-3-23(11-16-12(2)21-25-22-16)17(26)20-15-8-19-24(10-15)9-13-4-6-14(18)7-5-13/h4-8,10H,3,9,11H2,1-2H3,(H,20,26). The van der Waals surface area contributed by atoms with Gasteiger partial charge in [-0.15, -0.1) is 0 Å². The fourth-order valence-corrected chi connectivity index (χ4v) is 2.83. The second-order valence-corrected chi connectivity index (χ2v) is 6.62. The van der Waals surface area contributed by atoms with E-state index in [9.17, 15) is 0 Å². The summed E-state index contributed by atoms with van der Waals surface area (Å²) in [6.45, 7) is 5.82. The van der Waals surface area contributed by atoms with Crippen LogP contribution >= 0.6 is 23.8 Å². The molecule has 0 aliphatic rings. The first-order valence-electron chi connectivity index (χ1n) is 8.16. The number of aromatic nitrogens is 4. The van der Waals surface area contributed by atoms with E-state index in [1.165, 1.54) is 0 Å². The Balaban J connectivity index is 1.61. The molecule has 1 N–H and O–H groups in total. The van der Waals surface area contributed by atoms with Gasteiger partial charge >= 0.3 is 0 Å². The third-order valence-electron chi connectivity index (χ3n) is 3.90. The molecular formula is C17H19ClN6OS. The number of nitrogens with zero attached hydrogens (tertiary/aromatic N) is 5. The maximum Gasteiger partial charge on any atom is 0.173 e. The minimum atomic E-state index is 0.538. The highest BCUT2D eigenvalue weighted by Crippen LogP contribution is 2.13. The van der Waals surface area contributed by atoms with E-state index in [4.69, 9.17) is 28.4 Å². The van der Waals surface area contributed by atoms with Crippen LogP contribution in [0.4, 0.5) is 5.69 Å². The number of anilines is 1. The van der Waals surface area contributed by atoms with Crippen LogP contribution in [-0.2, 0) is 13.1 Å². The van der Waals surface area contributed by atoms with Crippen molar-refractivity contribution in [3.05, 3.63) is 58.6 Å². The van der Waals surface area contributed by atoms with Crippen molar-refractivity contribution in [2.75, 3.05) is 11.9 Å². The minimum absolute atomic E-state index is 0.538. The van der Waals surface area contributed by atoms with Crippen LogP contribution in [0, 0.1) is 6.92 Å².